The van der Waals surface area contributed by atoms with E-state index in [4.69, 9.17) is 9.47 Å². The molecule has 3 rings (SSSR count). The molecular formula is C25H29N3O3. The molecule has 6 heteroatoms. The lowest BCUT2D eigenvalue weighted by Gasteiger charge is -2.12. The highest BCUT2D eigenvalue weighted by Crippen LogP contribution is 2.24. The standard InChI is InChI=1S/C25H29N3O3/c1-19-7-4-5-8-23(19)31-18-22-17-21(9-11-24(22)30-3)10-12-25(29)26-14-6-15-28-16-13-20(2)27-28/h4-5,7-13,16-17H,6,14-15,18H2,1-3H3,(H,26,29)/b12-10+. The first kappa shape index (κ1) is 22.2. The van der Waals surface area contributed by atoms with Crippen LogP contribution in [0.5, 0.6) is 11.5 Å². The van der Waals surface area contributed by atoms with Gasteiger partial charge in [-0.15, -0.1) is 0 Å². The number of hydrogen-bond donors (Lipinski definition) is 1. The van der Waals surface area contributed by atoms with Crippen LogP contribution in [0.15, 0.2) is 60.8 Å². The fourth-order valence-electron chi connectivity index (χ4n) is 3.16. The number of amides is 1. The maximum atomic E-state index is 12.1. The van der Waals surface area contributed by atoms with Gasteiger partial charge in [0.2, 0.25) is 5.91 Å². The van der Waals surface area contributed by atoms with E-state index in [1.165, 1.54) is 0 Å². The Morgan fingerprint density at radius 1 is 1.13 bits per heavy atom. The van der Waals surface area contributed by atoms with Gasteiger partial charge < -0.3 is 14.8 Å². The number of rotatable bonds is 10. The number of aryl methyl sites for hydroxylation is 3. The van der Waals surface area contributed by atoms with Crippen LogP contribution in [0.3, 0.4) is 0 Å². The van der Waals surface area contributed by atoms with E-state index in [0.29, 0.717) is 13.2 Å². The minimum Gasteiger partial charge on any atom is -0.496 e. The van der Waals surface area contributed by atoms with E-state index in [-0.39, 0.29) is 5.91 Å². The zero-order valence-electron chi connectivity index (χ0n) is 18.3. The van der Waals surface area contributed by atoms with Crippen molar-refractivity contribution in [3.05, 3.63) is 83.2 Å². The Morgan fingerprint density at radius 3 is 2.71 bits per heavy atom. The monoisotopic (exact) mass is 419 g/mol. The Morgan fingerprint density at radius 2 is 1.97 bits per heavy atom. The lowest BCUT2D eigenvalue weighted by atomic mass is 10.1. The molecule has 31 heavy (non-hydrogen) atoms. The number of para-hydroxylation sites is 1. The van der Waals surface area contributed by atoms with Crippen LogP contribution in [0.4, 0.5) is 0 Å². The molecule has 162 valence electrons. The molecule has 0 aliphatic rings. The van der Waals surface area contributed by atoms with Gasteiger partial charge in [0.05, 0.1) is 12.8 Å². The van der Waals surface area contributed by atoms with Crippen LogP contribution in [0.1, 0.15) is 28.8 Å². The molecule has 1 N–H and O–H groups in total. The average molecular weight is 420 g/mol. The molecule has 1 aromatic heterocycles. The van der Waals surface area contributed by atoms with Crippen LogP contribution in [-0.2, 0) is 17.9 Å². The first-order chi connectivity index (χ1) is 15.0. The third-order valence-corrected chi connectivity index (χ3v) is 4.85. The molecule has 6 nitrogen and oxygen atoms in total. The Kier molecular flexibility index (Phi) is 7.87. The maximum Gasteiger partial charge on any atom is 0.244 e. The lowest BCUT2D eigenvalue weighted by Crippen LogP contribution is -2.23. The van der Waals surface area contributed by atoms with E-state index >= 15 is 0 Å². The molecule has 3 aromatic rings. The van der Waals surface area contributed by atoms with Gasteiger partial charge in [-0.2, -0.15) is 5.10 Å². The molecule has 0 spiro atoms. The maximum absolute atomic E-state index is 12.1. The molecule has 0 bridgehead atoms. The van der Waals surface area contributed by atoms with Gasteiger partial charge >= 0.3 is 0 Å². The SMILES string of the molecule is COc1ccc(/C=C/C(=O)NCCCn2ccc(C)n2)cc1COc1ccccc1C. The topological polar surface area (TPSA) is 65.4 Å². The van der Waals surface area contributed by atoms with E-state index in [1.54, 1.807) is 19.3 Å². The van der Waals surface area contributed by atoms with Crippen molar-refractivity contribution >= 4 is 12.0 Å². The Bertz CT molecular complexity index is 1040. The number of nitrogens with zero attached hydrogens (tertiary/aromatic N) is 2. The highest BCUT2D eigenvalue weighted by Gasteiger charge is 2.06. The third-order valence-electron chi connectivity index (χ3n) is 4.85. The quantitative estimate of drug-likeness (QED) is 0.393. The van der Waals surface area contributed by atoms with E-state index in [9.17, 15) is 4.79 Å². The molecule has 0 unspecified atom stereocenters. The summed E-state index contributed by atoms with van der Waals surface area (Å²) >= 11 is 0. The van der Waals surface area contributed by atoms with Crippen molar-refractivity contribution in [3.8, 4) is 11.5 Å². The zero-order chi connectivity index (χ0) is 22.1. The summed E-state index contributed by atoms with van der Waals surface area (Å²) in [5.74, 6) is 1.48. The van der Waals surface area contributed by atoms with E-state index in [1.807, 2.05) is 73.3 Å². The van der Waals surface area contributed by atoms with Gasteiger partial charge in [0.1, 0.15) is 18.1 Å². The number of benzene rings is 2. The summed E-state index contributed by atoms with van der Waals surface area (Å²) in [6, 6.07) is 15.6. The molecule has 0 aliphatic carbocycles. The number of carbonyl (C=O) groups excluding carboxylic acids is 1. The van der Waals surface area contributed by atoms with E-state index in [2.05, 4.69) is 10.4 Å². The van der Waals surface area contributed by atoms with E-state index in [0.717, 1.165) is 46.8 Å². The summed E-state index contributed by atoms with van der Waals surface area (Å²) in [4.78, 5) is 12.1. The van der Waals surface area contributed by atoms with Crippen LogP contribution in [0, 0.1) is 13.8 Å². The van der Waals surface area contributed by atoms with Gasteiger partial charge in [-0.1, -0.05) is 24.3 Å². The van der Waals surface area contributed by atoms with Crippen LogP contribution in [-0.4, -0.2) is 29.3 Å². The molecule has 0 saturated heterocycles. The Labute approximate surface area is 183 Å². The van der Waals surface area contributed by atoms with Gasteiger partial charge in [-0.05, 0) is 61.7 Å². The highest BCUT2D eigenvalue weighted by molar-refractivity contribution is 5.91. The lowest BCUT2D eigenvalue weighted by molar-refractivity contribution is -0.116. The predicted octanol–water partition coefficient (Wildman–Crippen LogP) is 4.31. The van der Waals surface area contributed by atoms with Gasteiger partial charge in [-0.25, -0.2) is 0 Å². The normalized spacial score (nSPS) is 10.9. The molecule has 1 heterocycles. The summed E-state index contributed by atoms with van der Waals surface area (Å²) in [7, 11) is 1.64. The number of nitrogens with one attached hydrogen (secondary N) is 1. The second kappa shape index (κ2) is 11.0. The molecule has 0 aliphatic heterocycles. The molecule has 0 fully saturated rings. The second-order valence-corrected chi connectivity index (χ2v) is 7.32. The highest BCUT2D eigenvalue weighted by atomic mass is 16.5. The summed E-state index contributed by atoms with van der Waals surface area (Å²) in [5, 5.41) is 7.24. The predicted molar refractivity (Wildman–Crippen MR) is 122 cm³/mol. The summed E-state index contributed by atoms with van der Waals surface area (Å²) in [6.07, 6.45) is 6.11. The molecule has 1 amide bonds. The van der Waals surface area contributed by atoms with Crippen molar-refractivity contribution in [2.75, 3.05) is 13.7 Å². The van der Waals surface area contributed by atoms with Crippen molar-refractivity contribution in [1.82, 2.24) is 15.1 Å². The number of hydrogen-bond acceptors (Lipinski definition) is 4. The minimum absolute atomic E-state index is 0.120. The van der Waals surface area contributed by atoms with Gasteiger partial charge in [-0.3, -0.25) is 9.48 Å². The zero-order valence-corrected chi connectivity index (χ0v) is 18.3. The summed E-state index contributed by atoms with van der Waals surface area (Å²) < 4.78 is 13.3. The molecular weight excluding hydrogens is 390 g/mol. The van der Waals surface area contributed by atoms with Crippen molar-refractivity contribution < 1.29 is 14.3 Å². The largest absolute Gasteiger partial charge is 0.496 e. The van der Waals surface area contributed by atoms with Crippen molar-refractivity contribution in [2.24, 2.45) is 0 Å². The molecule has 0 saturated carbocycles. The molecule has 2 aromatic carbocycles. The fraction of sp³-hybridized carbons (Fsp3) is 0.280. The first-order valence-electron chi connectivity index (χ1n) is 10.4. The summed E-state index contributed by atoms with van der Waals surface area (Å²) in [6.45, 7) is 5.73. The van der Waals surface area contributed by atoms with Gasteiger partial charge in [0.15, 0.2) is 0 Å². The van der Waals surface area contributed by atoms with Crippen molar-refractivity contribution in [3.63, 3.8) is 0 Å². The van der Waals surface area contributed by atoms with E-state index < -0.39 is 0 Å². The molecule has 0 atom stereocenters. The Balaban J connectivity index is 1.52. The second-order valence-electron chi connectivity index (χ2n) is 7.32. The number of aromatic nitrogens is 2. The van der Waals surface area contributed by atoms with Crippen molar-refractivity contribution in [1.29, 1.82) is 0 Å². The van der Waals surface area contributed by atoms with Crippen LogP contribution >= 0.6 is 0 Å². The third kappa shape index (κ3) is 6.74. The average Bonchev–Trinajstić information content (AvgIpc) is 3.19. The van der Waals surface area contributed by atoms with Gasteiger partial charge in [0.25, 0.3) is 0 Å². The number of ether oxygens (including phenoxy) is 2. The number of methoxy groups -OCH3 is 1. The van der Waals surface area contributed by atoms with Crippen molar-refractivity contribution in [2.45, 2.75) is 33.4 Å². The van der Waals surface area contributed by atoms with Crippen LogP contribution < -0.4 is 14.8 Å². The minimum atomic E-state index is -0.120. The number of carbonyl (C=O) groups is 1. The first-order valence-corrected chi connectivity index (χ1v) is 10.4. The van der Waals surface area contributed by atoms with Crippen LogP contribution in [0.25, 0.3) is 6.08 Å². The molecule has 0 radical (unpaired) electrons. The van der Waals surface area contributed by atoms with Crippen LogP contribution in [0.2, 0.25) is 0 Å². The van der Waals surface area contributed by atoms with Gasteiger partial charge in [0, 0.05) is 30.9 Å². The fourth-order valence-corrected chi connectivity index (χ4v) is 3.16. The summed E-state index contributed by atoms with van der Waals surface area (Å²) in [5.41, 5.74) is 3.90. The Hall–Kier alpha value is -3.54. The smallest absolute Gasteiger partial charge is 0.244 e.